The summed E-state index contributed by atoms with van der Waals surface area (Å²) in [5.41, 5.74) is 3.19. The van der Waals surface area contributed by atoms with Gasteiger partial charge in [-0.25, -0.2) is 24.8 Å². The van der Waals surface area contributed by atoms with Crippen molar-refractivity contribution in [3.63, 3.8) is 0 Å². The van der Waals surface area contributed by atoms with Crippen LogP contribution < -0.4 is 5.43 Å². The number of hydrazine groups is 1. The van der Waals surface area contributed by atoms with Crippen LogP contribution in [0.15, 0.2) is 24.3 Å². The van der Waals surface area contributed by atoms with Crippen LogP contribution in [0.1, 0.15) is 82.1 Å². The number of carbonyl (C=O) groups is 4. The largest absolute Gasteiger partial charge is 0.465 e. The molecule has 0 saturated carbocycles. The molecule has 1 N–H and O–H groups in total. The Morgan fingerprint density at radius 2 is 1.81 bits per heavy atom. The van der Waals surface area contributed by atoms with Crippen molar-refractivity contribution in [2.75, 3.05) is 13.7 Å². The third-order valence-electron chi connectivity index (χ3n) is 5.42. The fourth-order valence-corrected chi connectivity index (χ4v) is 4.14. The van der Waals surface area contributed by atoms with Gasteiger partial charge in [-0.15, -0.1) is 0 Å². The standard InChI is InChI=1S/C26H38N2O7S/c1-6-7-8-9-10-20(24(31)34-22-17-21(29)36-22)28(25(32)35-26(2,3)4)27-16-15-18-11-13-19(14-12-18)23(30)33-5/h11-14,20,22,27H,6-10,15-17H2,1-5H3. The monoisotopic (exact) mass is 522 g/mol. The molecule has 2 unspecified atom stereocenters. The molecule has 200 valence electrons. The van der Waals surface area contributed by atoms with E-state index in [0.717, 1.165) is 43.0 Å². The first-order valence-electron chi connectivity index (χ1n) is 12.4. The predicted octanol–water partition coefficient (Wildman–Crippen LogP) is 4.63. The molecule has 1 heterocycles. The average molecular weight is 523 g/mol. The maximum Gasteiger partial charge on any atom is 0.425 e. The van der Waals surface area contributed by atoms with Gasteiger partial charge in [0, 0.05) is 6.54 Å². The van der Waals surface area contributed by atoms with Crippen molar-refractivity contribution in [3.05, 3.63) is 35.4 Å². The molecule has 1 amide bonds. The minimum atomic E-state index is -0.894. The second kappa shape index (κ2) is 14.2. The van der Waals surface area contributed by atoms with E-state index in [9.17, 15) is 19.2 Å². The van der Waals surface area contributed by atoms with Gasteiger partial charge in [0.1, 0.15) is 11.6 Å². The molecule has 0 aliphatic carbocycles. The first-order chi connectivity index (χ1) is 17.0. The van der Waals surface area contributed by atoms with Crippen LogP contribution in [-0.4, -0.2) is 58.9 Å². The van der Waals surface area contributed by atoms with E-state index in [4.69, 9.17) is 14.2 Å². The summed E-state index contributed by atoms with van der Waals surface area (Å²) in [5, 5.41) is 1.21. The van der Waals surface area contributed by atoms with Crippen LogP contribution in [-0.2, 0) is 30.2 Å². The Labute approximate surface area is 217 Å². The van der Waals surface area contributed by atoms with Crippen molar-refractivity contribution < 1.29 is 33.4 Å². The summed E-state index contributed by atoms with van der Waals surface area (Å²) in [6, 6.07) is 6.09. The topological polar surface area (TPSA) is 111 Å². The van der Waals surface area contributed by atoms with Crippen LogP contribution in [0.3, 0.4) is 0 Å². The number of thioether (sulfide) groups is 1. The molecule has 36 heavy (non-hydrogen) atoms. The molecule has 0 radical (unpaired) electrons. The van der Waals surface area contributed by atoms with E-state index in [-0.39, 0.29) is 11.5 Å². The highest BCUT2D eigenvalue weighted by atomic mass is 32.2. The smallest absolute Gasteiger partial charge is 0.425 e. The minimum absolute atomic E-state index is 0.0207. The van der Waals surface area contributed by atoms with Crippen LogP contribution in [0.2, 0.25) is 0 Å². The molecule has 1 saturated heterocycles. The summed E-state index contributed by atoms with van der Waals surface area (Å²) in [7, 11) is 1.33. The van der Waals surface area contributed by atoms with Crippen LogP contribution in [0.5, 0.6) is 0 Å². The van der Waals surface area contributed by atoms with Gasteiger partial charge in [0.25, 0.3) is 0 Å². The Balaban J connectivity index is 2.13. The SMILES string of the molecule is CCCCCCC(C(=O)OC1CC(=O)S1)N(NCCc1ccc(C(=O)OC)cc1)C(=O)OC(C)(C)C. The van der Waals surface area contributed by atoms with Gasteiger partial charge in [-0.3, -0.25) is 4.79 Å². The van der Waals surface area contributed by atoms with Crippen molar-refractivity contribution >= 4 is 34.9 Å². The number of hydrogen-bond donors (Lipinski definition) is 1. The fourth-order valence-electron chi connectivity index (χ4n) is 3.52. The summed E-state index contributed by atoms with van der Waals surface area (Å²) in [5.74, 6) is -0.969. The lowest BCUT2D eigenvalue weighted by Gasteiger charge is -2.34. The Morgan fingerprint density at radius 3 is 2.36 bits per heavy atom. The normalized spacial score (nSPS) is 16.0. The van der Waals surface area contributed by atoms with Crippen molar-refractivity contribution in [2.45, 2.75) is 89.7 Å². The highest BCUT2D eigenvalue weighted by Crippen LogP contribution is 2.31. The third kappa shape index (κ3) is 9.81. The summed E-state index contributed by atoms with van der Waals surface area (Å²) >= 11 is 0.986. The van der Waals surface area contributed by atoms with Crippen LogP contribution >= 0.6 is 11.8 Å². The van der Waals surface area contributed by atoms with Gasteiger partial charge in [0.2, 0.25) is 0 Å². The lowest BCUT2D eigenvalue weighted by atomic mass is 10.1. The number of unbranched alkanes of at least 4 members (excludes halogenated alkanes) is 3. The van der Waals surface area contributed by atoms with E-state index in [1.807, 2.05) is 12.1 Å². The quantitative estimate of drug-likeness (QED) is 0.171. The van der Waals surface area contributed by atoms with Crippen molar-refractivity contribution in [2.24, 2.45) is 0 Å². The van der Waals surface area contributed by atoms with E-state index in [2.05, 4.69) is 12.3 Å². The van der Waals surface area contributed by atoms with E-state index >= 15 is 0 Å². The first-order valence-corrected chi connectivity index (χ1v) is 13.2. The zero-order chi connectivity index (χ0) is 26.7. The van der Waals surface area contributed by atoms with Gasteiger partial charge in [0.05, 0.1) is 19.1 Å². The van der Waals surface area contributed by atoms with Gasteiger partial charge >= 0.3 is 18.0 Å². The molecular formula is C26H38N2O7S. The molecule has 1 fully saturated rings. The maximum absolute atomic E-state index is 13.1. The van der Waals surface area contributed by atoms with Gasteiger partial charge in [-0.05, 0) is 63.1 Å². The molecule has 1 aromatic carbocycles. The van der Waals surface area contributed by atoms with E-state index in [1.165, 1.54) is 12.1 Å². The number of benzene rings is 1. The lowest BCUT2D eigenvalue weighted by Crippen LogP contribution is -2.55. The Morgan fingerprint density at radius 1 is 1.14 bits per heavy atom. The molecule has 0 bridgehead atoms. The summed E-state index contributed by atoms with van der Waals surface area (Å²) < 4.78 is 15.8. The average Bonchev–Trinajstić information content (AvgIpc) is 2.80. The number of hydrogen-bond acceptors (Lipinski definition) is 9. The van der Waals surface area contributed by atoms with E-state index < -0.39 is 35.1 Å². The third-order valence-corrected chi connectivity index (χ3v) is 6.38. The number of nitrogens with zero attached hydrogens (tertiary/aromatic N) is 1. The van der Waals surface area contributed by atoms with Gasteiger partial charge in [-0.1, -0.05) is 44.7 Å². The van der Waals surface area contributed by atoms with Crippen molar-refractivity contribution in [1.82, 2.24) is 10.4 Å². The predicted molar refractivity (Wildman–Crippen MR) is 137 cm³/mol. The van der Waals surface area contributed by atoms with E-state index in [0.29, 0.717) is 24.9 Å². The van der Waals surface area contributed by atoms with Crippen LogP contribution in [0.4, 0.5) is 4.79 Å². The molecular weight excluding hydrogens is 484 g/mol. The Bertz CT molecular complexity index is 891. The van der Waals surface area contributed by atoms with Gasteiger partial charge in [0.15, 0.2) is 10.6 Å². The van der Waals surface area contributed by atoms with Gasteiger partial charge < -0.3 is 14.2 Å². The summed E-state index contributed by atoms with van der Waals surface area (Å²) in [6.07, 6.45) is 4.18. The lowest BCUT2D eigenvalue weighted by molar-refractivity contribution is -0.154. The zero-order valence-electron chi connectivity index (χ0n) is 21.8. The van der Waals surface area contributed by atoms with Gasteiger partial charge in [-0.2, -0.15) is 0 Å². The minimum Gasteiger partial charge on any atom is -0.465 e. The summed E-state index contributed by atoms with van der Waals surface area (Å²) in [4.78, 5) is 49.2. The number of amides is 1. The van der Waals surface area contributed by atoms with Crippen LogP contribution in [0, 0.1) is 0 Å². The molecule has 2 atom stereocenters. The molecule has 1 aliphatic heterocycles. The first kappa shape index (κ1) is 29.6. The second-order valence-electron chi connectivity index (χ2n) is 9.62. The zero-order valence-corrected chi connectivity index (χ0v) is 22.7. The maximum atomic E-state index is 13.1. The molecule has 9 nitrogen and oxygen atoms in total. The highest BCUT2D eigenvalue weighted by Gasteiger charge is 2.38. The second-order valence-corrected chi connectivity index (χ2v) is 10.8. The fraction of sp³-hybridized carbons (Fsp3) is 0.615. The summed E-state index contributed by atoms with van der Waals surface area (Å²) in [6.45, 7) is 7.72. The Hall–Kier alpha value is -2.59. The number of ether oxygens (including phenoxy) is 3. The van der Waals surface area contributed by atoms with Crippen molar-refractivity contribution in [1.29, 1.82) is 0 Å². The van der Waals surface area contributed by atoms with E-state index in [1.54, 1.807) is 32.9 Å². The molecule has 10 heteroatoms. The number of carbonyl (C=O) groups excluding carboxylic acids is 4. The number of methoxy groups -OCH3 is 1. The van der Waals surface area contributed by atoms with Crippen molar-refractivity contribution in [3.8, 4) is 0 Å². The molecule has 2 rings (SSSR count). The molecule has 0 spiro atoms. The Kier molecular flexibility index (Phi) is 11.7. The highest BCUT2D eigenvalue weighted by molar-refractivity contribution is 8.16. The number of rotatable bonds is 13. The molecule has 1 aliphatic rings. The number of nitrogens with one attached hydrogen (secondary N) is 1. The van der Waals surface area contributed by atoms with Crippen LogP contribution in [0.25, 0.3) is 0 Å². The molecule has 0 aromatic heterocycles. The number of esters is 2. The molecule has 1 aromatic rings.